The number of likely N-dealkylation sites (tertiary alicyclic amines) is 1. The molecule has 136 valence electrons. The SMILES string of the molecule is O=C(O)C1CC(=O)N(CCc2ccc(OCc3ccc(F)cc3)cc2)C1. The summed E-state index contributed by atoms with van der Waals surface area (Å²) in [4.78, 5) is 24.4. The second-order valence-corrected chi connectivity index (χ2v) is 6.39. The molecule has 0 aliphatic carbocycles. The normalized spacial score (nSPS) is 16.7. The predicted octanol–water partition coefficient (Wildman–Crippen LogP) is 2.88. The summed E-state index contributed by atoms with van der Waals surface area (Å²) in [5.74, 6) is -1.17. The van der Waals surface area contributed by atoms with Crippen molar-refractivity contribution in [2.75, 3.05) is 13.1 Å². The van der Waals surface area contributed by atoms with Crippen LogP contribution in [0.3, 0.4) is 0 Å². The smallest absolute Gasteiger partial charge is 0.308 e. The highest BCUT2D eigenvalue weighted by Crippen LogP contribution is 2.19. The molecule has 5 nitrogen and oxygen atoms in total. The molecule has 1 aliphatic heterocycles. The highest BCUT2D eigenvalue weighted by atomic mass is 19.1. The summed E-state index contributed by atoms with van der Waals surface area (Å²) in [6, 6.07) is 13.7. The van der Waals surface area contributed by atoms with Crippen LogP contribution in [0.2, 0.25) is 0 Å². The van der Waals surface area contributed by atoms with Crippen LogP contribution in [0.4, 0.5) is 4.39 Å². The average molecular weight is 357 g/mol. The summed E-state index contributed by atoms with van der Waals surface area (Å²) >= 11 is 0. The Balaban J connectivity index is 1.48. The Morgan fingerprint density at radius 2 is 1.77 bits per heavy atom. The molecule has 0 radical (unpaired) electrons. The molecule has 1 heterocycles. The molecule has 2 aromatic carbocycles. The topological polar surface area (TPSA) is 66.8 Å². The number of hydrogen-bond acceptors (Lipinski definition) is 3. The number of ether oxygens (including phenoxy) is 1. The monoisotopic (exact) mass is 357 g/mol. The van der Waals surface area contributed by atoms with Crippen LogP contribution in [0.1, 0.15) is 17.5 Å². The molecular weight excluding hydrogens is 337 g/mol. The summed E-state index contributed by atoms with van der Waals surface area (Å²) in [7, 11) is 0. The summed E-state index contributed by atoms with van der Waals surface area (Å²) < 4.78 is 18.5. The highest BCUT2D eigenvalue weighted by molar-refractivity contribution is 5.86. The van der Waals surface area contributed by atoms with Crippen LogP contribution in [0.25, 0.3) is 0 Å². The molecular formula is C20H20FNO4. The first-order chi connectivity index (χ1) is 12.5. The van der Waals surface area contributed by atoms with Crippen molar-refractivity contribution in [2.24, 2.45) is 5.92 Å². The number of rotatable bonds is 7. The van der Waals surface area contributed by atoms with E-state index in [9.17, 15) is 14.0 Å². The first-order valence-electron chi connectivity index (χ1n) is 8.48. The standard InChI is InChI=1S/C20H20FNO4/c21-17-5-1-15(2-6-17)13-26-18-7-3-14(4-8-18)9-10-22-12-16(20(24)25)11-19(22)23/h1-8,16H,9-13H2,(H,24,25). The maximum Gasteiger partial charge on any atom is 0.308 e. The number of carbonyl (C=O) groups is 2. The third-order valence-corrected chi connectivity index (χ3v) is 4.48. The minimum absolute atomic E-state index is 0.0888. The van der Waals surface area contributed by atoms with Gasteiger partial charge in [-0.2, -0.15) is 0 Å². The van der Waals surface area contributed by atoms with Gasteiger partial charge < -0.3 is 14.7 Å². The summed E-state index contributed by atoms with van der Waals surface area (Å²) in [5, 5.41) is 9.00. The number of amides is 1. The molecule has 1 aliphatic rings. The van der Waals surface area contributed by atoms with E-state index in [4.69, 9.17) is 9.84 Å². The van der Waals surface area contributed by atoms with Crippen molar-refractivity contribution in [1.29, 1.82) is 0 Å². The van der Waals surface area contributed by atoms with Crippen LogP contribution in [0.15, 0.2) is 48.5 Å². The molecule has 1 N–H and O–H groups in total. The van der Waals surface area contributed by atoms with Gasteiger partial charge in [-0.15, -0.1) is 0 Å². The highest BCUT2D eigenvalue weighted by Gasteiger charge is 2.33. The Kier molecular flexibility index (Phi) is 5.51. The second-order valence-electron chi connectivity index (χ2n) is 6.39. The molecule has 26 heavy (non-hydrogen) atoms. The fraction of sp³-hybridized carbons (Fsp3) is 0.300. The van der Waals surface area contributed by atoms with E-state index in [1.54, 1.807) is 17.0 Å². The Hall–Kier alpha value is -2.89. The van der Waals surface area contributed by atoms with Crippen LogP contribution in [-0.2, 0) is 22.6 Å². The van der Waals surface area contributed by atoms with Crippen molar-refractivity contribution in [3.05, 3.63) is 65.5 Å². The van der Waals surface area contributed by atoms with E-state index in [2.05, 4.69) is 0 Å². The van der Waals surface area contributed by atoms with Crippen molar-refractivity contribution < 1.29 is 23.8 Å². The van der Waals surface area contributed by atoms with E-state index in [0.29, 0.717) is 25.3 Å². The minimum Gasteiger partial charge on any atom is -0.489 e. The van der Waals surface area contributed by atoms with Crippen molar-refractivity contribution in [3.63, 3.8) is 0 Å². The molecule has 0 spiro atoms. The lowest BCUT2D eigenvalue weighted by molar-refractivity contribution is -0.141. The lowest BCUT2D eigenvalue weighted by Crippen LogP contribution is -2.28. The van der Waals surface area contributed by atoms with Crippen LogP contribution in [-0.4, -0.2) is 35.0 Å². The Morgan fingerprint density at radius 1 is 1.12 bits per heavy atom. The van der Waals surface area contributed by atoms with Gasteiger partial charge in [0.2, 0.25) is 5.91 Å². The summed E-state index contributed by atoms with van der Waals surface area (Å²) in [6.45, 7) is 1.16. The number of halogens is 1. The third kappa shape index (κ3) is 4.59. The zero-order valence-corrected chi connectivity index (χ0v) is 14.2. The molecule has 0 bridgehead atoms. The number of carboxylic acid groups (broad SMARTS) is 1. The van der Waals surface area contributed by atoms with Crippen molar-refractivity contribution in [3.8, 4) is 5.75 Å². The molecule has 2 aromatic rings. The number of nitrogens with zero attached hydrogens (tertiary/aromatic N) is 1. The molecule has 3 rings (SSSR count). The number of carboxylic acids is 1. The van der Waals surface area contributed by atoms with Crippen LogP contribution in [0, 0.1) is 11.7 Å². The van der Waals surface area contributed by atoms with E-state index >= 15 is 0 Å². The molecule has 1 atom stereocenters. The van der Waals surface area contributed by atoms with Gasteiger partial charge in [-0.25, -0.2) is 4.39 Å². The lowest BCUT2D eigenvalue weighted by atomic mass is 10.1. The first-order valence-corrected chi connectivity index (χ1v) is 8.48. The van der Waals surface area contributed by atoms with Crippen molar-refractivity contribution >= 4 is 11.9 Å². The first kappa shape index (κ1) is 17.9. The van der Waals surface area contributed by atoms with Gasteiger partial charge in [0.05, 0.1) is 5.92 Å². The molecule has 0 saturated carbocycles. The van der Waals surface area contributed by atoms with Gasteiger partial charge in [0.25, 0.3) is 0 Å². The quantitative estimate of drug-likeness (QED) is 0.827. The van der Waals surface area contributed by atoms with Crippen LogP contribution >= 0.6 is 0 Å². The average Bonchev–Trinajstić information content (AvgIpc) is 3.01. The van der Waals surface area contributed by atoms with Crippen LogP contribution < -0.4 is 4.74 Å². The van der Waals surface area contributed by atoms with E-state index in [1.807, 2.05) is 24.3 Å². The zero-order chi connectivity index (χ0) is 18.5. The molecule has 1 unspecified atom stereocenters. The predicted molar refractivity (Wildman–Crippen MR) is 93.2 cm³/mol. The van der Waals surface area contributed by atoms with Crippen molar-refractivity contribution in [1.82, 2.24) is 4.90 Å². The number of benzene rings is 2. The Labute approximate surface area is 151 Å². The fourth-order valence-electron chi connectivity index (χ4n) is 2.92. The van der Waals surface area contributed by atoms with E-state index in [0.717, 1.165) is 11.1 Å². The zero-order valence-electron chi connectivity index (χ0n) is 14.2. The van der Waals surface area contributed by atoms with E-state index < -0.39 is 11.9 Å². The van der Waals surface area contributed by atoms with Crippen LogP contribution in [0.5, 0.6) is 5.75 Å². The number of hydrogen-bond donors (Lipinski definition) is 1. The maximum absolute atomic E-state index is 12.9. The summed E-state index contributed by atoms with van der Waals surface area (Å²) in [5.41, 5.74) is 1.93. The minimum atomic E-state index is -0.913. The number of carbonyl (C=O) groups excluding carboxylic acids is 1. The Morgan fingerprint density at radius 3 is 2.38 bits per heavy atom. The van der Waals surface area contributed by atoms with Crippen molar-refractivity contribution in [2.45, 2.75) is 19.4 Å². The lowest BCUT2D eigenvalue weighted by Gasteiger charge is -2.16. The molecule has 1 saturated heterocycles. The van der Waals surface area contributed by atoms with Gasteiger partial charge in [0.1, 0.15) is 18.2 Å². The van der Waals surface area contributed by atoms with Gasteiger partial charge >= 0.3 is 5.97 Å². The number of aliphatic carboxylic acids is 1. The van der Waals surface area contributed by atoms with Gasteiger partial charge in [0.15, 0.2) is 0 Å². The second kappa shape index (κ2) is 7.99. The molecule has 1 amide bonds. The molecule has 6 heteroatoms. The fourth-order valence-corrected chi connectivity index (χ4v) is 2.92. The van der Waals surface area contributed by atoms with Gasteiger partial charge in [0, 0.05) is 19.5 Å². The molecule has 0 aromatic heterocycles. The largest absolute Gasteiger partial charge is 0.489 e. The third-order valence-electron chi connectivity index (χ3n) is 4.48. The van der Waals surface area contributed by atoms with Gasteiger partial charge in [-0.1, -0.05) is 24.3 Å². The summed E-state index contributed by atoms with van der Waals surface area (Å²) in [6.07, 6.45) is 0.752. The van der Waals surface area contributed by atoms with Gasteiger partial charge in [-0.05, 0) is 41.8 Å². The molecule has 1 fully saturated rings. The van der Waals surface area contributed by atoms with E-state index in [1.165, 1.54) is 12.1 Å². The van der Waals surface area contributed by atoms with Gasteiger partial charge in [-0.3, -0.25) is 9.59 Å². The maximum atomic E-state index is 12.9. The van der Waals surface area contributed by atoms with E-state index in [-0.39, 0.29) is 24.7 Å². The Bertz CT molecular complexity index is 773.